The summed E-state index contributed by atoms with van der Waals surface area (Å²) in [4.78, 5) is 9.51. The molecule has 158 valence electrons. The number of likely N-dealkylation sites (tertiary alicyclic amines) is 2. The Morgan fingerprint density at radius 3 is 2.46 bits per heavy atom. The van der Waals surface area contributed by atoms with Gasteiger partial charge in [-0.05, 0) is 68.9 Å². The maximum absolute atomic E-state index is 5.27. The summed E-state index contributed by atoms with van der Waals surface area (Å²) >= 11 is 0. The Labute approximate surface area is 187 Å². The molecule has 0 radical (unpaired) electrons. The molecule has 1 atom stereocenters. The minimum atomic E-state index is 0. The van der Waals surface area contributed by atoms with Crippen molar-refractivity contribution in [2.75, 3.05) is 53.4 Å². The first-order valence-corrected chi connectivity index (χ1v) is 10.5. The van der Waals surface area contributed by atoms with Crippen LogP contribution in [0.25, 0.3) is 0 Å². The number of rotatable bonds is 6. The molecule has 0 spiro atoms. The second kappa shape index (κ2) is 11.9. The lowest BCUT2D eigenvalue weighted by atomic mass is 9.93. The Morgan fingerprint density at radius 1 is 1.14 bits per heavy atom. The number of hydrogen-bond donors (Lipinski definition) is 1. The number of nitrogens with zero attached hydrogens (tertiary/aromatic N) is 3. The van der Waals surface area contributed by atoms with Crippen LogP contribution in [0.15, 0.2) is 29.3 Å². The first-order chi connectivity index (χ1) is 13.2. The first kappa shape index (κ1) is 23.3. The Kier molecular flexibility index (Phi) is 9.85. The molecule has 1 N–H and O–H groups in total. The number of hydrogen-bond acceptors (Lipinski definition) is 3. The standard InChI is InChI=1S/C22H36N4O.HI/c1-4-25-14-10-18(11-15-25)9-13-24-22(23-2)26-16-12-20(17-26)19-5-7-21(27-3)8-6-19;/h5-8,18,20H,4,9-17H2,1-3H3,(H,23,24);1H. The van der Waals surface area contributed by atoms with E-state index in [4.69, 9.17) is 4.74 Å². The van der Waals surface area contributed by atoms with E-state index in [9.17, 15) is 0 Å². The number of guanidine groups is 1. The molecule has 28 heavy (non-hydrogen) atoms. The number of halogens is 1. The SMILES string of the molecule is CCN1CCC(CCNC(=NC)N2CCC(c3ccc(OC)cc3)C2)CC1.I. The molecule has 6 heteroatoms. The number of aliphatic imine (C=N–C) groups is 1. The van der Waals surface area contributed by atoms with Gasteiger partial charge in [-0.15, -0.1) is 24.0 Å². The van der Waals surface area contributed by atoms with Crippen LogP contribution in [-0.2, 0) is 0 Å². The monoisotopic (exact) mass is 500 g/mol. The predicted octanol–water partition coefficient (Wildman–Crippen LogP) is 3.80. The van der Waals surface area contributed by atoms with Crippen molar-refractivity contribution in [3.05, 3.63) is 29.8 Å². The van der Waals surface area contributed by atoms with Gasteiger partial charge in [-0.1, -0.05) is 19.1 Å². The lowest BCUT2D eigenvalue weighted by molar-refractivity contribution is 0.187. The molecule has 2 fully saturated rings. The van der Waals surface area contributed by atoms with Gasteiger partial charge in [-0.3, -0.25) is 4.99 Å². The zero-order valence-electron chi connectivity index (χ0n) is 17.7. The predicted molar refractivity (Wildman–Crippen MR) is 128 cm³/mol. The second-order valence-corrected chi connectivity index (χ2v) is 7.85. The van der Waals surface area contributed by atoms with Gasteiger partial charge in [0.1, 0.15) is 5.75 Å². The van der Waals surface area contributed by atoms with Gasteiger partial charge in [-0.2, -0.15) is 0 Å². The lowest BCUT2D eigenvalue weighted by Gasteiger charge is -2.31. The average Bonchev–Trinajstić information content (AvgIpc) is 3.21. The smallest absolute Gasteiger partial charge is 0.193 e. The number of methoxy groups -OCH3 is 1. The second-order valence-electron chi connectivity index (χ2n) is 7.85. The summed E-state index contributed by atoms with van der Waals surface area (Å²) in [5.41, 5.74) is 1.40. The van der Waals surface area contributed by atoms with Gasteiger partial charge in [-0.25, -0.2) is 0 Å². The number of ether oxygens (including phenoxy) is 1. The van der Waals surface area contributed by atoms with E-state index in [0.717, 1.165) is 37.3 Å². The van der Waals surface area contributed by atoms with Crippen LogP contribution < -0.4 is 10.1 Å². The highest BCUT2D eigenvalue weighted by Crippen LogP contribution is 2.28. The highest BCUT2D eigenvalue weighted by Gasteiger charge is 2.26. The van der Waals surface area contributed by atoms with Gasteiger partial charge >= 0.3 is 0 Å². The summed E-state index contributed by atoms with van der Waals surface area (Å²) in [5.74, 6) is 3.43. The summed E-state index contributed by atoms with van der Waals surface area (Å²) in [7, 11) is 3.62. The fourth-order valence-corrected chi connectivity index (χ4v) is 4.41. The molecule has 2 heterocycles. The van der Waals surface area contributed by atoms with Gasteiger partial charge in [0.2, 0.25) is 0 Å². The zero-order chi connectivity index (χ0) is 19.1. The van der Waals surface area contributed by atoms with Crippen LogP contribution in [0.3, 0.4) is 0 Å². The van der Waals surface area contributed by atoms with E-state index in [2.05, 4.69) is 51.3 Å². The van der Waals surface area contributed by atoms with Crippen LogP contribution in [0.5, 0.6) is 5.75 Å². The minimum absolute atomic E-state index is 0. The van der Waals surface area contributed by atoms with Crippen LogP contribution >= 0.6 is 24.0 Å². The summed E-state index contributed by atoms with van der Waals surface area (Å²) in [5, 5.41) is 3.62. The van der Waals surface area contributed by atoms with E-state index in [0.29, 0.717) is 5.92 Å². The molecule has 2 aliphatic rings. The van der Waals surface area contributed by atoms with Crippen LogP contribution in [0.2, 0.25) is 0 Å². The molecule has 2 saturated heterocycles. The van der Waals surface area contributed by atoms with E-state index in [1.807, 2.05) is 7.05 Å². The Balaban J connectivity index is 0.00000280. The van der Waals surface area contributed by atoms with Crippen molar-refractivity contribution in [1.29, 1.82) is 0 Å². The van der Waals surface area contributed by atoms with E-state index >= 15 is 0 Å². The molecule has 0 aliphatic carbocycles. The molecule has 5 nitrogen and oxygen atoms in total. The fourth-order valence-electron chi connectivity index (χ4n) is 4.41. The number of nitrogens with one attached hydrogen (secondary N) is 1. The fraction of sp³-hybridized carbons (Fsp3) is 0.682. The Bertz CT molecular complexity index is 599. The largest absolute Gasteiger partial charge is 0.497 e. The van der Waals surface area contributed by atoms with Crippen molar-refractivity contribution in [1.82, 2.24) is 15.1 Å². The van der Waals surface area contributed by atoms with E-state index in [1.165, 1.54) is 50.9 Å². The van der Waals surface area contributed by atoms with Crippen molar-refractivity contribution in [2.45, 2.75) is 38.5 Å². The quantitative estimate of drug-likeness (QED) is 0.367. The molecule has 0 saturated carbocycles. The molecular weight excluding hydrogens is 463 g/mol. The summed E-state index contributed by atoms with van der Waals surface area (Å²) < 4.78 is 5.27. The van der Waals surface area contributed by atoms with Crippen LogP contribution in [0.4, 0.5) is 0 Å². The third-order valence-electron chi connectivity index (χ3n) is 6.28. The molecule has 1 aromatic carbocycles. The molecule has 0 aromatic heterocycles. The summed E-state index contributed by atoms with van der Waals surface area (Å²) in [6.45, 7) is 9.15. The number of benzene rings is 1. The third kappa shape index (κ3) is 6.24. The lowest BCUT2D eigenvalue weighted by Crippen LogP contribution is -2.41. The maximum Gasteiger partial charge on any atom is 0.193 e. The number of piperidine rings is 1. The van der Waals surface area contributed by atoms with Crippen LogP contribution in [0.1, 0.15) is 44.1 Å². The normalized spacial score (nSPS) is 21.5. The van der Waals surface area contributed by atoms with Gasteiger partial charge < -0.3 is 19.9 Å². The van der Waals surface area contributed by atoms with Crippen LogP contribution in [0, 0.1) is 5.92 Å². The van der Waals surface area contributed by atoms with E-state index < -0.39 is 0 Å². The topological polar surface area (TPSA) is 40.1 Å². The van der Waals surface area contributed by atoms with Gasteiger partial charge in [0, 0.05) is 32.6 Å². The van der Waals surface area contributed by atoms with Gasteiger partial charge in [0.25, 0.3) is 0 Å². The maximum atomic E-state index is 5.27. The molecule has 1 unspecified atom stereocenters. The highest BCUT2D eigenvalue weighted by atomic mass is 127. The van der Waals surface area contributed by atoms with Crippen molar-refractivity contribution in [2.24, 2.45) is 10.9 Å². The zero-order valence-corrected chi connectivity index (χ0v) is 20.0. The minimum Gasteiger partial charge on any atom is -0.497 e. The highest BCUT2D eigenvalue weighted by molar-refractivity contribution is 14.0. The summed E-state index contributed by atoms with van der Waals surface area (Å²) in [6, 6.07) is 8.53. The van der Waals surface area contributed by atoms with Gasteiger partial charge in [0.15, 0.2) is 5.96 Å². The van der Waals surface area contributed by atoms with Gasteiger partial charge in [0.05, 0.1) is 7.11 Å². The molecule has 1 aromatic rings. The molecular formula is C22H37IN4O. The van der Waals surface area contributed by atoms with Crippen molar-refractivity contribution >= 4 is 29.9 Å². The Hall–Kier alpha value is -1.02. The Morgan fingerprint density at radius 2 is 1.86 bits per heavy atom. The first-order valence-electron chi connectivity index (χ1n) is 10.5. The van der Waals surface area contributed by atoms with Crippen LogP contribution in [-0.4, -0.2) is 69.2 Å². The van der Waals surface area contributed by atoms with E-state index in [1.54, 1.807) is 7.11 Å². The summed E-state index contributed by atoms with van der Waals surface area (Å²) in [6.07, 6.45) is 5.13. The van der Waals surface area contributed by atoms with E-state index in [-0.39, 0.29) is 24.0 Å². The van der Waals surface area contributed by atoms with Crippen molar-refractivity contribution in [3.63, 3.8) is 0 Å². The van der Waals surface area contributed by atoms with Crippen molar-refractivity contribution in [3.8, 4) is 5.75 Å². The average molecular weight is 500 g/mol. The molecule has 0 bridgehead atoms. The molecule has 2 aliphatic heterocycles. The third-order valence-corrected chi connectivity index (χ3v) is 6.28. The van der Waals surface area contributed by atoms with Crippen molar-refractivity contribution < 1.29 is 4.74 Å². The molecule has 3 rings (SSSR count). The molecule has 0 amide bonds.